The lowest BCUT2D eigenvalue weighted by atomic mass is 10.2. The first-order chi connectivity index (χ1) is 12.2. The number of amides is 1. The van der Waals surface area contributed by atoms with E-state index in [2.05, 4.69) is 0 Å². The number of nitrogens with zero attached hydrogens (tertiary/aromatic N) is 2. The molecule has 0 saturated heterocycles. The van der Waals surface area contributed by atoms with Crippen molar-refractivity contribution >= 4 is 21.6 Å². The fourth-order valence-electron chi connectivity index (χ4n) is 2.30. The second kappa shape index (κ2) is 8.29. The van der Waals surface area contributed by atoms with Crippen molar-refractivity contribution in [1.82, 2.24) is 4.31 Å². The molecule has 1 amide bonds. The van der Waals surface area contributed by atoms with Crippen LogP contribution in [-0.2, 0) is 21.4 Å². The zero-order chi connectivity index (χ0) is 19.3. The highest BCUT2D eigenvalue weighted by Crippen LogP contribution is 2.20. The molecular formula is C18H21FN2O4S. The maximum absolute atomic E-state index is 13.0. The third-order valence-corrected chi connectivity index (χ3v) is 5.06. The quantitative estimate of drug-likeness (QED) is 0.739. The molecule has 140 valence electrons. The summed E-state index contributed by atoms with van der Waals surface area (Å²) in [6.07, 6.45) is 1.04. The highest BCUT2D eigenvalue weighted by atomic mass is 32.2. The van der Waals surface area contributed by atoms with Crippen LogP contribution in [0.2, 0.25) is 0 Å². The molecule has 0 fully saturated rings. The SMILES string of the molecule is COc1cccc(N(C)C(=O)CN(Cc2ccc(F)cc2)S(C)(=O)=O)c1. The zero-order valence-corrected chi connectivity index (χ0v) is 15.7. The monoisotopic (exact) mass is 380 g/mol. The molecule has 0 spiro atoms. The average Bonchev–Trinajstić information content (AvgIpc) is 2.61. The van der Waals surface area contributed by atoms with E-state index in [-0.39, 0.29) is 13.1 Å². The molecule has 0 heterocycles. The van der Waals surface area contributed by atoms with E-state index in [1.165, 1.54) is 36.3 Å². The van der Waals surface area contributed by atoms with E-state index < -0.39 is 21.7 Å². The number of carbonyl (C=O) groups is 1. The van der Waals surface area contributed by atoms with Gasteiger partial charge in [-0.2, -0.15) is 4.31 Å². The van der Waals surface area contributed by atoms with E-state index in [0.29, 0.717) is 17.0 Å². The van der Waals surface area contributed by atoms with Crippen LogP contribution in [-0.4, -0.2) is 45.6 Å². The van der Waals surface area contributed by atoms with Crippen molar-refractivity contribution in [3.63, 3.8) is 0 Å². The Hall–Kier alpha value is -2.45. The van der Waals surface area contributed by atoms with E-state index in [1.54, 1.807) is 31.3 Å². The summed E-state index contributed by atoms with van der Waals surface area (Å²) in [6, 6.07) is 12.4. The van der Waals surface area contributed by atoms with E-state index in [9.17, 15) is 17.6 Å². The maximum atomic E-state index is 13.0. The zero-order valence-electron chi connectivity index (χ0n) is 14.8. The van der Waals surface area contributed by atoms with Crippen LogP contribution in [0.3, 0.4) is 0 Å². The molecule has 2 rings (SSSR count). The molecule has 0 radical (unpaired) electrons. The summed E-state index contributed by atoms with van der Waals surface area (Å²) in [6.45, 7) is -0.347. The largest absolute Gasteiger partial charge is 0.497 e. The fourth-order valence-corrected chi connectivity index (χ4v) is 3.03. The van der Waals surface area contributed by atoms with Gasteiger partial charge < -0.3 is 9.64 Å². The number of ether oxygens (including phenoxy) is 1. The molecule has 0 N–H and O–H groups in total. The van der Waals surface area contributed by atoms with Crippen LogP contribution in [0.25, 0.3) is 0 Å². The summed E-state index contributed by atoms with van der Waals surface area (Å²) in [4.78, 5) is 13.9. The molecule has 6 nitrogen and oxygen atoms in total. The van der Waals surface area contributed by atoms with E-state index in [0.717, 1.165) is 10.6 Å². The predicted octanol–water partition coefficient (Wildman–Crippen LogP) is 2.26. The number of hydrogen-bond donors (Lipinski definition) is 0. The molecule has 0 aliphatic rings. The predicted molar refractivity (Wildman–Crippen MR) is 98.1 cm³/mol. The van der Waals surface area contributed by atoms with Gasteiger partial charge in [-0.25, -0.2) is 12.8 Å². The number of carbonyl (C=O) groups excluding carboxylic acids is 1. The number of methoxy groups -OCH3 is 1. The van der Waals surface area contributed by atoms with Crippen LogP contribution in [0.1, 0.15) is 5.56 Å². The van der Waals surface area contributed by atoms with Crippen molar-refractivity contribution in [2.45, 2.75) is 6.54 Å². The number of hydrogen-bond acceptors (Lipinski definition) is 4. The molecule has 0 aliphatic heterocycles. The normalized spacial score (nSPS) is 11.4. The van der Waals surface area contributed by atoms with Gasteiger partial charge in [-0.3, -0.25) is 4.79 Å². The van der Waals surface area contributed by atoms with Gasteiger partial charge in [0, 0.05) is 25.3 Å². The van der Waals surface area contributed by atoms with Crippen LogP contribution >= 0.6 is 0 Å². The lowest BCUT2D eigenvalue weighted by Crippen LogP contribution is -2.40. The Morgan fingerprint density at radius 2 is 1.81 bits per heavy atom. The Kier molecular flexibility index (Phi) is 6.33. The van der Waals surface area contributed by atoms with E-state index in [1.807, 2.05) is 0 Å². The number of halogens is 1. The molecule has 0 aliphatic carbocycles. The van der Waals surface area contributed by atoms with Crippen molar-refractivity contribution < 1.29 is 22.3 Å². The molecule has 0 saturated carbocycles. The molecule has 0 atom stereocenters. The van der Waals surface area contributed by atoms with Gasteiger partial charge in [0.2, 0.25) is 15.9 Å². The summed E-state index contributed by atoms with van der Waals surface area (Å²) < 4.78 is 43.3. The maximum Gasteiger partial charge on any atom is 0.242 e. The van der Waals surface area contributed by atoms with Crippen LogP contribution in [0, 0.1) is 5.82 Å². The first-order valence-electron chi connectivity index (χ1n) is 7.81. The Morgan fingerprint density at radius 1 is 1.15 bits per heavy atom. The first-order valence-corrected chi connectivity index (χ1v) is 9.65. The van der Waals surface area contributed by atoms with Crippen LogP contribution in [0.5, 0.6) is 5.75 Å². The number of benzene rings is 2. The molecule has 2 aromatic rings. The number of likely N-dealkylation sites (N-methyl/N-ethyl adjacent to an activating group) is 1. The van der Waals surface area contributed by atoms with E-state index >= 15 is 0 Å². The van der Waals surface area contributed by atoms with Crippen molar-refractivity contribution in [2.75, 3.05) is 31.9 Å². The smallest absolute Gasteiger partial charge is 0.242 e. The number of rotatable bonds is 7. The molecule has 8 heteroatoms. The second-order valence-electron chi connectivity index (χ2n) is 5.81. The van der Waals surface area contributed by atoms with Gasteiger partial charge in [-0.15, -0.1) is 0 Å². The van der Waals surface area contributed by atoms with Crippen molar-refractivity contribution in [3.8, 4) is 5.75 Å². The Balaban J connectivity index is 2.16. The van der Waals surface area contributed by atoms with Crippen LogP contribution in [0.15, 0.2) is 48.5 Å². The average molecular weight is 380 g/mol. The Morgan fingerprint density at radius 3 is 2.38 bits per heavy atom. The van der Waals surface area contributed by atoms with Gasteiger partial charge >= 0.3 is 0 Å². The van der Waals surface area contributed by atoms with Crippen LogP contribution < -0.4 is 9.64 Å². The first kappa shape index (κ1) is 19.9. The number of anilines is 1. The van der Waals surface area contributed by atoms with Gasteiger partial charge in [0.05, 0.1) is 19.9 Å². The van der Waals surface area contributed by atoms with Crippen molar-refractivity contribution in [3.05, 3.63) is 59.9 Å². The Bertz CT molecular complexity index is 869. The Labute approximate surface area is 152 Å². The molecule has 0 aromatic heterocycles. The standard InChI is InChI=1S/C18H21FN2O4S/c1-20(16-5-4-6-17(11-16)25-2)18(22)13-21(26(3,23)24)12-14-7-9-15(19)10-8-14/h4-11H,12-13H2,1-3H3. The van der Waals surface area contributed by atoms with E-state index in [4.69, 9.17) is 4.74 Å². The molecule has 2 aromatic carbocycles. The molecule has 26 heavy (non-hydrogen) atoms. The topological polar surface area (TPSA) is 66.9 Å². The van der Waals surface area contributed by atoms with Gasteiger partial charge in [-0.05, 0) is 29.8 Å². The minimum atomic E-state index is -3.63. The third kappa shape index (κ3) is 5.27. The number of sulfonamides is 1. The summed E-state index contributed by atoms with van der Waals surface area (Å²) in [5.74, 6) is -0.215. The third-order valence-electron chi connectivity index (χ3n) is 3.87. The van der Waals surface area contributed by atoms with Gasteiger partial charge in [0.15, 0.2) is 0 Å². The molecule has 0 unspecified atom stereocenters. The van der Waals surface area contributed by atoms with Gasteiger partial charge in [0.1, 0.15) is 11.6 Å². The highest BCUT2D eigenvalue weighted by Gasteiger charge is 2.23. The highest BCUT2D eigenvalue weighted by molar-refractivity contribution is 7.88. The summed E-state index contributed by atoms with van der Waals surface area (Å²) in [7, 11) is -0.542. The molecule has 0 bridgehead atoms. The fraction of sp³-hybridized carbons (Fsp3) is 0.278. The lowest BCUT2D eigenvalue weighted by Gasteiger charge is -2.24. The van der Waals surface area contributed by atoms with Crippen molar-refractivity contribution in [1.29, 1.82) is 0 Å². The summed E-state index contributed by atoms with van der Waals surface area (Å²) in [5.41, 5.74) is 1.18. The lowest BCUT2D eigenvalue weighted by molar-refractivity contribution is -0.118. The second-order valence-corrected chi connectivity index (χ2v) is 7.79. The summed E-state index contributed by atoms with van der Waals surface area (Å²) >= 11 is 0. The van der Waals surface area contributed by atoms with Gasteiger partial charge in [0.25, 0.3) is 0 Å². The van der Waals surface area contributed by atoms with Crippen LogP contribution in [0.4, 0.5) is 10.1 Å². The summed E-state index contributed by atoms with van der Waals surface area (Å²) in [5, 5.41) is 0. The van der Waals surface area contributed by atoms with Gasteiger partial charge in [-0.1, -0.05) is 18.2 Å². The minimum absolute atomic E-state index is 0.0171. The van der Waals surface area contributed by atoms with Crippen molar-refractivity contribution in [2.24, 2.45) is 0 Å². The molecular weight excluding hydrogens is 359 g/mol. The minimum Gasteiger partial charge on any atom is -0.497 e.